The Labute approximate surface area is 118 Å². The lowest BCUT2D eigenvalue weighted by Gasteiger charge is -2.16. The van der Waals surface area contributed by atoms with Crippen LogP contribution in [0.4, 0.5) is 26.3 Å². The van der Waals surface area contributed by atoms with Gasteiger partial charge in [-0.2, -0.15) is 18.2 Å². The summed E-state index contributed by atoms with van der Waals surface area (Å²) in [5.41, 5.74) is 2.41. The number of rotatable bonds is 3. The fourth-order valence-electron chi connectivity index (χ4n) is 1.27. The highest BCUT2D eigenvalue weighted by atomic mass is 35.7. The second kappa shape index (κ2) is 5.50. The van der Waals surface area contributed by atoms with Gasteiger partial charge in [0.2, 0.25) is 5.88 Å². The van der Waals surface area contributed by atoms with E-state index in [-0.39, 0.29) is 6.07 Å². The zero-order valence-corrected chi connectivity index (χ0v) is 11.2. The van der Waals surface area contributed by atoms with Crippen LogP contribution in [0.1, 0.15) is 11.1 Å². The Morgan fingerprint density at radius 2 is 1.76 bits per heavy atom. The van der Waals surface area contributed by atoms with Gasteiger partial charge in [0.05, 0.1) is 0 Å². The molecule has 0 unspecified atom stereocenters. The fraction of sp³-hybridized carbons (Fsp3) is 0.375. The first kappa shape index (κ1) is 17.8. The van der Waals surface area contributed by atoms with E-state index in [1.54, 1.807) is 0 Å². The number of halogens is 7. The van der Waals surface area contributed by atoms with Crippen molar-refractivity contribution in [3.63, 3.8) is 0 Å². The van der Waals surface area contributed by atoms with Gasteiger partial charge in [0.25, 0.3) is 9.05 Å². The molecule has 0 atom stereocenters. The van der Waals surface area contributed by atoms with Crippen LogP contribution in [0.2, 0.25) is 0 Å². The molecule has 0 aliphatic carbocycles. The van der Waals surface area contributed by atoms with Gasteiger partial charge < -0.3 is 10.5 Å². The summed E-state index contributed by atoms with van der Waals surface area (Å²) in [6.45, 7) is -0.746. The zero-order chi connectivity index (χ0) is 16.6. The van der Waals surface area contributed by atoms with Gasteiger partial charge in [-0.3, -0.25) is 0 Å². The molecule has 1 aromatic rings. The van der Waals surface area contributed by atoms with Gasteiger partial charge in [0.1, 0.15) is 5.56 Å². The summed E-state index contributed by atoms with van der Waals surface area (Å²) in [4.78, 5) is 2.70. The maximum atomic E-state index is 12.7. The topological polar surface area (TPSA) is 82.3 Å². The van der Waals surface area contributed by atoms with Crippen LogP contribution in [-0.2, 0) is 21.8 Å². The highest BCUT2D eigenvalue weighted by Gasteiger charge is 2.42. The molecule has 1 aromatic heterocycles. The summed E-state index contributed by atoms with van der Waals surface area (Å²) in [6, 6.07) is 0.0866. The highest BCUT2D eigenvalue weighted by Crippen LogP contribution is 2.39. The van der Waals surface area contributed by atoms with Crippen LogP contribution < -0.4 is 10.5 Å². The predicted octanol–water partition coefficient (Wildman–Crippen LogP) is 2.39. The van der Waals surface area contributed by atoms with Gasteiger partial charge in [0.15, 0.2) is 5.03 Å². The lowest BCUT2D eigenvalue weighted by molar-refractivity contribution is -0.278. The van der Waals surface area contributed by atoms with Gasteiger partial charge in [-0.15, -0.1) is 13.2 Å². The molecule has 120 valence electrons. The second-order valence-corrected chi connectivity index (χ2v) is 5.97. The molecule has 0 aromatic carbocycles. The van der Waals surface area contributed by atoms with Crippen molar-refractivity contribution in [2.45, 2.75) is 24.1 Å². The van der Waals surface area contributed by atoms with Crippen LogP contribution in [0.25, 0.3) is 0 Å². The molecule has 0 spiro atoms. The molecular weight excluding hydrogens is 354 g/mol. The fourth-order valence-corrected chi connectivity index (χ4v) is 2.32. The summed E-state index contributed by atoms with van der Waals surface area (Å²) in [5.74, 6) is -1.98. The average molecular weight is 359 g/mol. The van der Waals surface area contributed by atoms with Crippen LogP contribution >= 0.6 is 10.7 Å². The van der Waals surface area contributed by atoms with Gasteiger partial charge in [0, 0.05) is 22.8 Å². The molecule has 13 heteroatoms. The van der Waals surface area contributed by atoms with Crippen molar-refractivity contribution in [1.82, 2.24) is 4.98 Å². The molecule has 0 radical (unpaired) electrons. The van der Waals surface area contributed by atoms with Crippen LogP contribution in [0, 0.1) is 0 Å². The van der Waals surface area contributed by atoms with Crippen molar-refractivity contribution in [2.24, 2.45) is 5.73 Å². The summed E-state index contributed by atoms with van der Waals surface area (Å²) in [5, 5.41) is -1.24. The minimum atomic E-state index is -5.51. The van der Waals surface area contributed by atoms with E-state index in [9.17, 15) is 34.8 Å². The van der Waals surface area contributed by atoms with E-state index in [0.717, 1.165) is 0 Å². The van der Waals surface area contributed by atoms with Crippen molar-refractivity contribution in [3.8, 4) is 5.88 Å². The number of hydrogen-bond donors (Lipinski definition) is 1. The van der Waals surface area contributed by atoms with E-state index >= 15 is 0 Å². The molecule has 2 N–H and O–H groups in total. The number of nitrogens with zero attached hydrogens (tertiary/aromatic N) is 1. The first-order valence-corrected chi connectivity index (χ1v) is 7.08. The van der Waals surface area contributed by atoms with Crippen molar-refractivity contribution >= 4 is 19.7 Å². The Morgan fingerprint density at radius 1 is 1.24 bits per heavy atom. The minimum Gasteiger partial charge on any atom is -0.387 e. The molecule has 0 aliphatic rings. The first-order chi connectivity index (χ1) is 9.25. The summed E-state index contributed by atoms with van der Waals surface area (Å²) < 4.78 is 99.6. The Balaban J connectivity index is 3.66. The molecule has 0 bridgehead atoms. The molecule has 0 amide bonds. The molecule has 0 aliphatic heterocycles. The number of ether oxygens (including phenoxy) is 1. The summed E-state index contributed by atoms with van der Waals surface area (Å²) >= 11 is 0. The minimum absolute atomic E-state index is 0.0866. The maximum absolute atomic E-state index is 12.7. The van der Waals surface area contributed by atoms with Crippen LogP contribution in [0.15, 0.2) is 11.1 Å². The smallest absolute Gasteiger partial charge is 0.387 e. The van der Waals surface area contributed by atoms with Gasteiger partial charge in [-0.1, -0.05) is 0 Å². The number of aromatic nitrogens is 1. The third-order valence-electron chi connectivity index (χ3n) is 2.00. The third-order valence-corrected chi connectivity index (χ3v) is 3.25. The van der Waals surface area contributed by atoms with E-state index in [0.29, 0.717) is 0 Å². The van der Waals surface area contributed by atoms with Crippen molar-refractivity contribution in [3.05, 3.63) is 17.2 Å². The van der Waals surface area contributed by atoms with Gasteiger partial charge in [-0.25, -0.2) is 8.42 Å². The van der Waals surface area contributed by atoms with Crippen molar-refractivity contribution in [1.29, 1.82) is 0 Å². The van der Waals surface area contributed by atoms with Gasteiger partial charge in [-0.05, 0) is 6.07 Å². The average Bonchev–Trinajstić information content (AvgIpc) is 2.23. The molecule has 0 saturated carbocycles. The third kappa shape index (κ3) is 4.61. The SMILES string of the molecule is NCc1cc(C(F)(F)F)c(OC(F)(F)F)nc1S(=O)(=O)Cl. The number of pyridine rings is 1. The van der Waals surface area contributed by atoms with Crippen molar-refractivity contribution in [2.75, 3.05) is 0 Å². The monoisotopic (exact) mass is 358 g/mol. The summed E-state index contributed by atoms with van der Waals surface area (Å²) in [6.07, 6.45) is -10.8. The lowest BCUT2D eigenvalue weighted by atomic mass is 10.2. The summed E-state index contributed by atoms with van der Waals surface area (Å²) in [7, 11) is 0.169. The van der Waals surface area contributed by atoms with E-state index in [1.165, 1.54) is 0 Å². The molecule has 0 fully saturated rings. The van der Waals surface area contributed by atoms with E-state index in [4.69, 9.17) is 16.4 Å². The molecule has 5 nitrogen and oxygen atoms in total. The Bertz CT molecular complexity index is 643. The van der Waals surface area contributed by atoms with Gasteiger partial charge >= 0.3 is 12.5 Å². The molecule has 21 heavy (non-hydrogen) atoms. The Hall–Kier alpha value is -1.27. The lowest BCUT2D eigenvalue weighted by Crippen LogP contribution is -2.22. The molecule has 1 heterocycles. The zero-order valence-electron chi connectivity index (χ0n) is 9.59. The highest BCUT2D eigenvalue weighted by molar-refractivity contribution is 8.13. The number of alkyl halides is 6. The standard InChI is InChI=1S/C8H5ClF6N2O3S/c9-21(18,19)6-3(2-16)1-4(7(10,11)12)5(17-6)20-8(13,14)15/h1H,2,16H2. The Kier molecular flexibility index (Phi) is 4.65. The van der Waals surface area contributed by atoms with E-state index < -0.39 is 50.2 Å². The first-order valence-electron chi connectivity index (χ1n) is 4.77. The largest absolute Gasteiger partial charge is 0.574 e. The number of hydrogen-bond acceptors (Lipinski definition) is 5. The van der Waals surface area contributed by atoms with Crippen LogP contribution in [0.5, 0.6) is 5.88 Å². The van der Waals surface area contributed by atoms with E-state index in [2.05, 4.69) is 9.72 Å². The number of nitrogens with two attached hydrogens (primary N) is 1. The Morgan fingerprint density at radius 3 is 2.10 bits per heavy atom. The molecule has 1 rings (SSSR count). The second-order valence-electron chi connectivity index (χ2n) is 3.49. The van der Waals surface area contributed by atoms with Crippen LogP contribution in [0.3, 0.4) is 0 Å². The normalized spacial score (nSPS) is 13.3. The van der Waals surface area contributed by atoms with E-state index in [1.807, 2.05) is 0 Å². The van der Waals surface area contributed by atoms with Crippen molar-refractivity contribution < 1.29 is 39.5 Å². The molecular formula is C8H5ClF6N2O3S. The maximum Gasteiger partial charge on any atom is 0.574 e. The quantitative estimate of drug-likeness (QED) is 0.662. The van der Waals surface area contributed by atoms with Crippen LogP contribution in [-0.4, -0.2) is 19.8 Å². The molecule has 0 saturated heterocycles. The predicted molar refractivity (Wildman–Crippen MR) is 56.9 cm³/mol.